The van der Waals surface area contributed by atoms with E-state index >= 15 is 0 Å². The van der Waals surface area contributed by atoms with Gasteiger partial charge in [-0.15, -0.1) is 0 Å². The van der Waals surface area contributed by atoms with E-state index in [9.17, 15) is 8.42 Å². The molecule has 2 N–H and O–H groups in total. The first-order valence-corrected chi connectivity index (χ1v) is 8.43. The van der Waals surface area contributed by atoms with Crippen molar-refractivity contribution in [2.75, 3.05) is 19.8 Å². The van der Waals surface area contributed by atoms with Crippen LogP contribution in [0.5, 0.6) is 5.75 Å². The van der Waals surface area contributed by atoms with Crippen LogP contribution in [0.4, 0.5) is 0 Å². The Balaban J connectivity index is 1.87. The molecule has 0 spiro atoms. The predicted octanol–water partition coefficient (Wildman–Crippen LogP) is 1.53. The lowest BCUT2D eigenvalue weighted by Crippen LogP contribution is -2.27. The van der Waals surface area contributed by atoms with Crippen LogP contribution in [0.3, 0.4) is 0 Å². The van der Waals surface area contributed by atoms with Crippen LogP contribution in [0.25, 0.3) is 0 Å². The van der Waals surface area contributed by atoms with Crippen molar-refractivity contribution in [1.82, 2.24) is 4.72 Å². The Morgan fingerprint density at radius 2 is 1.95 bits per heavy atom. The first-order valence-electron chi connectivity index (χ1n) is 6.95. The third-order valence-electron chi connectivity index (χ3n) is 3.56. The normalized spacial score (nSPS) is 15.8. The lowest BCUT2D eigenvalue weighted by Gasteiger charge is -2.25. The van der Waals surface area contributed by atoms with Crippen molar-refractivity contribution < 1.29 is 18.3 Å². The quantitative estimate of drug-likeness (QED) is 0.763. The van der Waals surface area contributed by atoms with Crippen LogP contribution in [0.1, 0.15) is 25.7 Å². The van der Waals surface area contributed by atoms with Crippen LogP contribution < -0.4 is 9.46 Å². The number of ether oxygens (including phenoxy) is 1. The fraction of sp³-hybridized carbons (Fsp3) is 0.571. The SMILES string of the molecule is O=S(=O)(NCCC1CCC1)c1ccc(OCCO)cc1. The molecular weight excluding hydrogens is 278 g/mol. The molecule has 1 aliphatic rings. The zero-order valence-electron chi connectivity index (χ0n) is 11.4. The summed E-state index contributed by atoms with van der Waals surface area (Å²) >= 11 is 0. The van der Waals surface area contributed by atoms with Crippen molar-refractivity contribution in [2.24, 2.45) is 5.92 Å². The summed E-state index contributed by atoms with van der Waals surface area (Å²) in [5.41, 5.74) is 0. The Labute approximate surface area is 120 Å². The van der Waals surface area contributed by atoms with E-state index in [1.165, 1.54) is 31.4 Å². The van der Waals surface area contributed by atoms with Gasteiger partial charge in [0.15, 0.2) is 0 Å². The second-order valence-corrected chi connectivity index (χ2v) is 6.79. The zero-order valence-corrected chi connectivity index (χ0v) is 12.2. The van der Waals surface area contributed by atoms with Crippen molar-refractivity contribution in [3.05, 3.63) is 24.3 Å². The smallest absolute Gasteiger partial charge is 0.240 e. The molecule has 0 aliphatic heterocycles. The number of aliphatic hydroxyl groups is 1. The van der Waals surface area contributed by atoms with Gasteiger partial charge in [0.1, 0.15) is 12.4 Å². The average molecular weight is 299 g/mol. The summed E-state index contributed by atoms with van der Waals surface area (Å²) in [6, 6.07) is 6.21. The van der Waals surface area contributed by atoms with Gasteiger partial charge in [-0.2, -0.15) is 0 Å². The predicted molar refractivity (Wildman–Crippen MR) is 76.2 cm³/mol. The highest BCUT2D eigenvalue weighted by molar-refractivity contribution is 7.89. The zero-order chi connectivity index (χ0) is 14.4. The van der Waals surface area contributed by atoms with Gasteiger partial charge < -0.3 is 9.84 Å². The second-order valence-electron chi connectivity index (χ2n) is 5.03. The maximum Gasteiger partial charge on any atom is 0.240 e. The molecule has 1 aliphatic carbocycles. The summed E-state index contributed by atoms with van der Waals surface area (Å²) in [5.74, 6) is 1.24. The average Bonchev–Trinajstić information content (AvgIpc) is 2.40. The Bertz CT molecular complexity index is 508. The van der Waals surface area contributed by atoms with Gasteiger partial charge in [0.2, 0.25) is 10.0 Å². The number of aliphatic hydroxyl groups excluding tert-OH is 1. The van der Waals surface area contributed by atoms with Gasteiger partial charge in [-0.05, 0) is 36.6 Å². The molecule has 0 unspecified atom stereocenters. The van der Waals surface area contributed by atoms with Crippen molar-refractivity contribution >= 4 is 10.0 Å². The number of sulfonamides is 1. The van der Waals surface area contributed by atoms with E-state index in [0.29, 0.717) is 18.2 Å². The first kappa shape index (κ1) is 15.3. The van der Waals surface area contributed by atoms with E-state index in [1.807, 2.05) is 0 Å². The molecule has 5 nitrogen and oxygen atoms in total. The van der Waals surface area contributed by atoms with Crippen LogP contribution in [-0.2, 0) is 10.0 Å². The topological polar surface area (TPSA) is 75.6 Å². The van der Waals surface area contributed by atoms with Crippen LogP contribution in [0.15, 0.2) is 29.2 Å². The van der Waals surface area contributed by atoms with Crippen LogP contribution in [0.2, 0.25) is 0 Å². The minimum Gasteiger partial charge on any atom is -0.491 e. The number of hydrogen-bond donors (Lipinski definition) is 2. The molecule has 112 valence electrons. The number of nitrogens with one attached hydrogen (secondary N) is 1. The van der Waals surface area contributed by atoms with Crippen LogP contribution in [-0.4, -0.2) is 33.3 Å². The van der Waals surface area contributed by atoms with E-state index in [0.717, 1.165) is 6.42 Å². The monoisotopic (exact) mass is 299 g/mol. The molecule has 0 bridgehead atoms. The number of hydrogen-bond acceptors (Lipinski definition) is 4. The lowest BCUT2D eigenvalue weighted by atomic mass is 9.83. The van der Waals surface area contributed by atoms with E-state index < -0.39 is 10.0 Å². The van der Waals surface area contributed by atoms with E-state index in [1.54, 1.807) is 12.1 Å². The molecule has 0 amide bonds. The van der Waals surface area contributed by atoms with Gasteiger partial charge in [0.05, 0.1) is 11.5 Å². The summed E-state index contributed by atoms with van der Waals surface area (Å²) < 4.78 is 31.9. The second kappa shape index (κ2) is 7.06. The van der Waals surface area contributed by atoms with Crippen molar-refractivity contribution in [3.63, 3.8) is 0 Å². The Morgan fingerprint density at radius 1 is 1.25 bits per heavy atom. The van der Waals surface area contributed by atoms with E-state index in [2.05, 4.69) is 4.72 Å². The molecule has 0 atom stereocenters. The maximum atomic E-state index is 12.1. The molecule has 6 heteroatoms. The highest BCUT2D eigenvalue weighted by Crippen LogP contribution is 2.28. The van der Waals surface area contributed by atoms with Gasteiger partial charge in [0, 0.05) is 6.54 Å². The van der Waals surface area contributed by atoms with Gasteiger partial charge in [0.25, 0.3) is 0 Å². The highest BCUT2D eigenvalue weighted by atomic mass is 32.2. The minimum atomic E-state index is -3.43. The summed E-state index contributed by atoms with van der Waals surface area (Å²) in [6.45, 7) is 0.629. The third-order valence-corrected chi connectivity index (χ3v) is 5.04. The van der Waals surface area contributed by atoms with Crippen molar-refractivity contribution in [1.29, 1.82) is 0 Å². The number of benzene rings is 1. The van der Waals surface area contributed by atoms with Gasteiger partial charge >= 0.3 is 0 Å². The van der Waals surface area contributed by atoms with Crippen LogP contribution in [0, 0.1) is 5.92 Å². The Hall–Kier alpha value is -1.11. The molecule has 0 radical (unpaired) electrons. The first-order chi connectivity index (χ1) is 9.62. The molecule has 20 heavy (non-hydrogen) atoms. The Morgan fingerprint density at radius 3 is 2.50 bits per heavy atom. The summed E-state index contributed by atoms with van der Waals surface area (Å²) in [6.07, 6.45) is 4.63. The molecule has 1 saturated carbocycles. The summed E-state index contributed by atoms with van der Waals surface area (Å²) in [4.78, 5) is 0.238. The third kappa shape index (κ3) is 4.19. The largest absolute Gasteiger partial charge is 0.491 e. The molecule has 0 heterocycles. The van der Waals surface area contributed by atoms with Crippen LogP contribution >= 0.6 is 0 Å². The fourth-order valence-corrected chi connectivity index (χ4v) is 3.19. The molecule has 1 aromatic carbocycles. The minimum absolute atomic E-state index is 0.0667. The highest BCUT2D eigenvalue weighted by Gasteiger charge is 2.19. The molecule has 0 aromatic heterocycles. The van der Waals surface area contributed by atoms with Crippen molar-refractivity contribution in [2.45, 2.75) is 30.6 Å². The van der Waals surface area contributed by atoms with E-state index in [-0.39, 0.29) is 18.1 Å². The van der Waals surface area contributed by atoms with Gasteiger partial charge in [-0.3, -0.25) is 0 Å². The molecular formula is C14H21NO4S. The van der Waals surface area contributed by atoms with Gasteiger partial charge in [-0.25, -0.2) is 13.1 Å². The molecule has 1 fully saturated rings. The molecule has 2 rings (SSSR count). The lowest BCUT2D eigenvalue weighted by molar-refractivity contribution is 0.201. The molecule has 0 saturated heterocycles. The standard InChI is InChI=1S/C14H21NO4S/c16-10-11-19-13-4-6-14(7-5-13)20(17,18)15-9-8-12-2-1-3-12/h4-7,12,15-16H,1-3,8-11H2. The van der Waals surface area contributed by atoms with Gasteiger partial charge in [-0.1, -0.05) is 19.3 Å². The fourth-order valence-electron chi connectivity index (χ4n) is 2.14. The summed E-state index contributed by atoms with van der Waals surface area (Å²) in [7, 11) is -3.43. The number of rotatable bonds is 8. The summed E-state index contributed by atoms with van der Waals surface area (Å²) in [5, 5.41) is 8.65. The molecule has 1 aromatic rings. The van der Waals surface area contributed by atoms with Crippen molar-refractivity contribution in [3.8, 4) is 5.75 Å². The maximum absolute atomic E-state index is 12.1. The van der Waals surface area contributed by atoms with E-state index in [4.69, 9.17) is 9.84 Å². The Kier molecular flexibility index (Phi) is 5.39.